The largest absolute Gasteiger partial charge is 0.361 e. The summed E-state index contributed by atoms with van der Waals surface area (Å²) in [5.74, 6) is -0.928. The molecule has 22 heavy (non-hydrogen) atoms. The number of carbonyl (C=O) groups is 3. The second kappa shape index (κ2) is 5.29. The lowest BCUT2D eigenvalue weighted by Gasteiger charge is -2.19. The summed E-state index contributed by atoms with van der Waals surface area (Å²) >= 11 is 0. The van der Waals surface area contributed by atoms with Crippen LogP contribution in [0, 0.1) is 0 Å². The van der Waals surface area contributed by atoms with Crippen molar-refractivity contribution in [2.45, 2.75) is 32.4 Å². The number of hydrogen-bond acceptors (Lipinski definition) is 3. The van der Waals surface area contributed by atoms with E-state index in [9.17, 15) is 14.4 Å². The topological polar surface area (TPSA) is 82.3 Å². The van der Waals surface area contributed by atoms with E-state index < -0.39 is 6.04 Å². The Hall–Kier alpha value is -2.63. The lowest BCUT2D eigenvalue weighted by molar-refractivity contribution is -0.140. The van der Waals surface area contributed by atoms with Crippen LogP contribution in [0.4, 0.5) is 0 Å². The fraction of sp³-hybridized carbons (Fsp3) is 0.312. The van der Waals surface area contributed by atoms with Crippen molar-refractivity contribution in [3.05, 3.63) is 36.0 Å². The van der Waals surface area contributed by atoms with Crippen molar-refractivity contribution in [1.29, 1.82) is 0 Å². The highest BCUT2D eigenvalue weighted by Gasteiger charge is 2.40. The highest BCUT2D eigenvalue weighted by molar-refractivity contribution is 6.08. The number of aromatic nitrogens is 1. The van der Waals surface area contributed by atoms with Gasteiger partial charge in [0.05, 0.1) is 6.42 Å². The van der Waals surface area contributed by atoms with Gasteiger partial charge in [0.1, 0.15) is 6.04 Å². The molecule has 6 nitrogen and oxygen atoms in total. The molecule has 1 atom stereocenters. The molecule has 0 aliphatic carbocycles. The summed E-state index contributed by atoms with van der Waals surface area (Å²) < 4.78 is 0. The molecule has 3 amide bonds. The van der Waals surface area contributed by atoms with Crippen molar-refractivity contribution in [3.63, 3.8) is 0 Å². The number of aromatic amines is 1. The highest BCUT2D eigenvalue weighted by Crippen LogP contribution is 2.18. The molecule has 1 aromatic carbocycles. The molecule has 0 radical (unpaired) electrons. The van der Waals surface area contributed by atoms with Crippen LogP contribution in [0.5, 0.6) is 0 Å². The minimum atomic E-state index is -0.774. The van der Waals surface area contributed by atoms with Crippen LogP contribution in [0.2, 0.25) is 0 Å². The second-order valence-corrected chi connectivity index (χ2v) is 5.71. The fourth-order valence-electron chi connectivity index (χ4n) is 2.74. The first kappa shape index (κ1) is 14.3. The average Bonchev–Trinajstić information content (AvgIpc) is 3.02. The van der Waals surface area contributed by atoms with E-state index in [0.29, 0.717) is 5.56 Å². The Morgan fingerprint density at radius 1 is 1.32 bits per heavy atom. The number of nitrogens with zero attached hydrogens (tertiary/aromatic N) is 1. The van der Waals surface area contributed by atoms with Crippen LogP contribution in [0.15, 0.2) is 30.5 Å². The molecule has 2 aromatic rings. The van der Waals surface area contributed by atoms with Gasteiger partial charge in [0.25, 0.3) is 11.8 Å². The van der Waals surface area contributed by atoms with Gasteiger partial charge >= 0.3 is 0 Å². The minimum absolute atomic E-state index is 0.0230. The standard InChI is InChI=1S/C16H17N3O3/c1-9(2)19-14(20)8-13(16(19)22)18-15(21)11-3-4-12-10(7-11)5-6-17-12/h3-7,9,13,17H,8H2,1-2H3,(H,18,21)/t13-/m0/s1. The van der Waals surface area contributed by atoms with Crippen molar-refractivity contribution in [2.24, 2.45) is 0 Å². The summed E-state index contributed by atoms with van der Waals surface area (Å²) in [7, 11) is 0. The van der Waals surface area contributed by atoms with Crippen molar-refractivity contribution >= 4 is 28.6 Å². The molecule has 6 heteroatoms. The normalized spacial score (nSPS) is 18.5. The van der Waals surface area contributed by atoms with Crippen molar-refractivity contribution in [1.82, 2.24) is 15.2 Å². The number of H-pyrrole nitrogens is 1. The van der Waals surface area contributed by atoms with E-state index in [4.69, 9.17) is 0 Å². The van der Waals surface area contributed by atoms with Crippen LogP contribution in [-0.4, -0.2) is 39.7 Å². The summed E-state index contributed by atoms with van der Waals surface area (Å²) in [4.78, 5) is 40.6. The number of imide groups is 1. The van der Waals surface area contributed by atoms with E-state index in [2.05, 4.69) is 10.3 Å². The van der Waals surface area contributed by atoms with E-state index in [-0.39, 0.29) is 30.2 Å². The molecule has 1 aliphatic rings. The maximum atomic E-state index is 12.3. The minimum Gasteiger partial charge on any atom is -0.361 e. The molecule has 0 saturated carbocycles. The number of hydrogen-bond donors (Lipinski definition) is 2. The zero-order chi connectivity index (χ0) is 15.9. The van der Waals surface area contributed by atoms with Gasteiger partial charge in [-0.15, -0.1) is 0 Å². The van der Waals surface area contributed by atoms with Gasteiger partial charge in [0, 0.05) is 28.7 Å². The fourth-order valence-corrected chi connectivity index (χ4v) is 2.74. The molecule has 1 aromatic heterocycles. The smallest absolute Gasteiger partial charge is 0.252 e. The van der Waals surface area contributed by atoms with E-state index in [1.54, 1.807) is 32.2 Å². The zero-order valence-electron chi connectivity index (χ0n) is 12.4. The Kier molecular flexibility index (Phi) is 3.44. The molecule has 1 fully saturated rings. The second-order valence-electron chi connectivity index (χ2n) is 5.71. The van der Waals surface area contributed by atoms with Crippen LogP contribution in [0.3, 0.4) is 0 Å². The van der Waals surface area contributed by atoms with Crippen molar-refractivity contribution < 1.29 is 14.4 Å². The number of carbonyl (C=O) groups excluding carboxylic acids is 3. The van der Waals surface area contributed by atoms with Gasteiger partial charge in [-0.2, -0.15) is 0 Å². The first-order valence-electron chi connectivity index (χ1n) is 7.21. The van der Waals surface area contributed by atoms with Gasteiger partial charge < -0.3 is 10.3 Å². The molecular weight excluding hydrogens is 282 g/mol. The van der Waals surface area contributed by atoms with Crippen LogP contribution in [0.1, 0.15) is 30.6 Å². The summed E-state index contributed by atoms with van der Waals surface area (Å²) in [6, 6.07) is 6.16. The molecule has 3 rings (SSSR count). The summed E-state index contributed by atoms with van der Waals surface area (Å²) in [6.45, 7) is 3.56. The highest BCUT2D eigenvalue weighted by atomic mass is 16.2. The SMILES string of the molecule is CC(C)N1C(=O)C[C@H](NC(=O)c2ccc3[nH]ccc3c2)C1=O. The van der Waals surface area contributed by atoms with Gasteiger partial charge in [-0.25, -0.2) is 0 Å². The summed E-state index contributed by atoms with van der Waals surface area (Å²) in [5, 5.41) is 3.58. The van der Waals surface area contributed by atoms with Crippen LogP contribution in [-0.2, 0) is 9.59 Å². The maximum absolute atomic E-state index is 12.3. The summed E-state index contributed by atoms with van der Waals surface area (Å²) in [5.41, 5.74) is 1.41. The van der Waals surface area contributed by atoms with Gasteiger partial charge in [-0.1, -0.05) is 0 Å². The van der Waals surface area contributed by atoms with E-state index >= 15 is 0 Å². The van der Waals surface area contributed by atoms with Crippen LogP contribution < -0.4 is 5.32 Å². The molecule has 0 spiro atoms. The third-order valence-corrected chi connectivity index (χ3v) is 3.82. The first-order chi connectivity index (χ1) is 10.5. The third kappa shape index (κ3) is 2.36. The number of benzene rings is 1. The lowest BCUT2D eigenvalue weighted by atomic mass is 10.1. The van der Waals surface area contributed by atoms with Crippen molar-refractivity contribution in [3.8, 4) is 0 Å². The lowest BCUT2D eigenvalue weighted by Crippen LogP contribution is -2.43. The number of fused-ring (bicyclic) bond motifs is 1. The summed E-state index contributed by atoms with van der Waals surface area (Å²) in [6.07, 6.45) is 1.82. The number of likely N-dealkylation sites (tertiary alicyclic amines) is 1. The van der Waals surface area contributed by atoms with E-state index in [0.717, 1.165) is 10.9 Å². The van der Waals surface area contributed by atoms with Crippen molar-refractivity contribution in [2.75, 3.05) is 0 Å². The van der Waals surface area contributed by atoms with Gasteiger partial charge in [-0.05, 0) is 38.1 Å². The molecule has 2 heterocycles. The Morgan fingerprint density at radius 2 is 2.09 bits per heavy atom. The molecule has 1 saturated heterocycles. The Labute approximate surface area is 127 Å². The molecule has 2 N–H and O–H groups in total. The monoisotopic (exact) mass is 299 g/mol. The maximum Gasteiger partial charge on any atom is 0.252 e. The Bertz CT molecular complexity index is 763. The van der Waals surface area contributed by atoms with Gasteiger partial charge in [0.2, 0.25) is 5.91 Å². The van der Waals surface area contributed by atoms with E-state index in [1.807, 2.05) is 12.1 Å². The Morgan fingerprint density at radius 3 is 2.77 bits per heavy atom. The molecule has 1 aliphatic heterocycles. The van der Waals surface area contributed by atoms with Gasteiger partial charge in [0.15, 0.2) is 0 Å². The first-order valence-corrected chi connectivity index (χ1v) is 7.21. The predicted molar refractivity (Wildman–Crippen MR) is 81.2 cm³/mol. The van der Waals surface area contributed by atoms with E-state index in [1.165, 1.54) is 4.90 Å². The molecule has 0 bridgehead atoms. The zero-order valence-corrected chi connectivity index (χ0v) is 12.4. The number of nitrogens with one attached hydrogen (secondary N) is 2. The predicted octanol–water partition coefficient (Wildman–Crippen LogP) is 1.43. The molecule has 0 unspecified atom stereocenters. The van der Waals surface area contributed by atoms with Crippen LogP contribution in [0.25, 0.3) is 10.9 Å². The molecule has 114 valence electrons. The number of rotatable bonds is 3. The quantitative estimate of drug-likeness (QED) is 0.841. The Balaban J connectivity index is 1.77. The molecular formula is C16H17N3O3. The number of amides is 3. The van der Waals surface area contributed by atoms with Crippen LogP contribution >= 0.6 is 0 Å². The van der Waals surface area contributed by atoms with Gasteiger partial charge in [-0.3, -0.25) is 19.3 Å². The third-order valence-electron chi connectivity index (χ3n) is 3.82. The average molecular weight is 299 g/mol.